The van der Waals surface area contributed by atoms with Gasteiger partial charge in [-0.1, -0.05) is 12.1 Å². The molecule has 0 saturated heterocycles. The number of carbonyl (C=O) groups excluding carboxylic acids is 1. The summed E-state index contributed by atoms with van der Waals surface area (Å²) in [4.78, 5) is 11.9. The third-order valence-electron chi connectivity index (χ3n) is 4.37. The van der Waals surface area contributed by atoms with Crippen molar-refractivity contribution in [2.75, 3.05) is 16.2 Å². The van der Waals surface area contributed by atoms with E-state index in [0.29, 0.717) is 30.8 Å². The first kappa shape index (κ1) is 17.5. The van der Waals surface area contributed by atoms with E-state index in [2.05, 4.69) is 5.32 Å². The lowest BCUT2D eigenvalue weighted by Gasteiger charge is -2.24. The van der Waals surface area contributed by atoms with Gasteiger partial charge in [0, 0.05) is 18.7 Å². The van der Waals surface area contributed by atoms with Crippen LogP contribution >= 0.6 is 0 Å². The maximum Gasteiger partial charge on any atom is 0.264 e. The monoisotopic (exact) mass is 358 g/mol. The summed E-state index contributed by atoms with van der Waals surface area (Å²) in [7, 11) is -3.66. The van der Waals surface area contributed by atoms with Crippen LogP contribution in [0.25, 0.3) is 0 Å². The number of hydrogen-bond donors (Lipinski definition) is 1. The minimum Gasteiger partial charge on any atom is -0.326 e. The number of aryl methyl sites for hydroxylation is 2. The van der Waals surface area contributed by atoms with Crippen LogP contribution in [-0.2, 0) is 21.2 Å². The third-order valence-corrected chi connectivity index (χ3v) is 6.26. The van der Waals surface area contributed by atoms with E-state index in [1.54, 1.807) is 24.3 Å². The van der Waals surface area contributed by atoms with Crippen molar-refractivity contribution >= 4 is 27.3 Å². The SMILES string of the molecule is CCN(c1cccc(C)c1)S(=O)(=O)c1ccc2c(c1)CCCC(=O)N2. The minimum absolute atomic E-state index is 0.0238. The van der Waals surface area contributed by atoms with E-state index < -0.39 is 10.0 Å². The maximum absolute atomic E-state index is 13.1. The predicted molar refractivity (Wildman–Crippen MR) is 99.4 cm³/mol. The Morgan fingerprint density at radius 1 is 1.12 bits per heavy atom. The van der Waals surface area contributed by atoms with E-state index in [4.69, 9.17) is 0 Å². The topological polar surface area (TPSA) is 66.5 Å². The van der Waals surface area contributed by atoms with Crippen LogP contribution in [0, 0.1) is 6.92 Å². The Morgan fingerprint density at radius 3 is 2.64 bits per heavy atom. The Hall–Kier alpha value is -2.34. The summed E-state index contributed by atoms with van der Waals surface area (Å²) in [6.45, 7) is 4.11. The van der Waals surface area contributed by atoms with E-state index in [-0.39, 0.29) is 10.8 Å². The van der Waals surface area contributed by atoms with E-state index in [1.807, 2.05) is 32.0 Å². The Balaban J connectivity index is 2.02. The highest BCUT2D eigenvalue weighted by Crippen LogP contribution is 2.29. The number of nitrogens with one attached hydrogen (secondary N) is 1. The molecular weight excluding hydrogens is 336 g/mol. The second-order valence-corrected chi connectivity index (χ2v) is 8.09. The van der Waals surface area contributed by atoms with Gasteiger partial charge in [0.2, 0.25) is 5.91 Å². The van der Waals surface area contributed by atoms with Gasteiger partial charge in [-0.05, 0) is 68.1 Å². The molecule has 0 aliphatic carbocycles. The number of sulfonamides is 1. The molecule has 0 aromatic heterocycles. The normalized spacial score (nSPS) is 14.4. The quantitative estimate of drug-likeness (QED) is 0.910. The van der Waals surface area contributed by atoms with Crippen molar-refractivity contribution in [2.24, 2.45) is 0 Å². The van der Waals surface area contributed by atoms with Crippen molar-refractivity contribution in [3.05, 3.63) is 53.6 Å². The standard InChI is InChI=1S/C19H22N2O3S/c1-3-21(16-8-4-6-14(2)12-16)25(23,24)17-10-11-18-15(13-17)7-5-9-19(22)20-18/h4,6,8,10-13H,3,5,7,9H2,1-2H3,(H,20,22). The lowest BCUT2D eigenvalue weighted by atomic mass is 10.1. The molecule has 132 valence electrons. The van der Waals surface area contributed by atoms with E-state index in [1.165, 1.54) is 4.31 Å². The highest BCUT2D eigenvalue weighted by molar-refractivity contribution is 7.92. The number of anilines is 2. The Morgan fingerprint density at radius 2 is 1.92 bits per heavy atom. The summed E-state index contributed by atoms with van der Waals surface area (Å²) in [6.07, 6.45) is 1.87. The van der Waals surface area contributed by atoms with Crippen LogP contribution in [0.2, 0.25) is 0 Å². The summed E-state index contributed by atoms with van der Waals surface area (Å²) in [5.74, 6) is -0.0238. The van der Waals surface area contributed by atoms with Gasteiger partial charge in [0.1, 0.15) is 0 Å². The summed E-state index contributed by atoms with van der Waals surface area (Å²) >= 11 is 0. The van der Waals surface area contributed by atoms with Crippen LogP contribution in [0.1, 0.15) is 30.9 Å². The van der Waals surface area contributed by atoms with Gasteiger partial charge >= 0.3 is 0 Å². The van der Waals surface area contributed by atoms with Gasteiger partial charge in [-0.15, -0.1) is 0 Å². The van der Waals surface area contributed by atoms with Gasteiger partial charge in [0.05, 0.1) is 10.6 Å². The second-order valence-electron chi connectivity index (χ2n) is 6.23. The molecule has 0 spiro atoms. The van der Waals surface area contributed by atoms with Crippen LogP contribution < -0.4 is 9.62 Å². The van der Waals surface area contributed by atoms with E-state index in [0.717, 1.165) is 17.5 Å². The van der Waals surface area contributed by atoms with Gasteiger partial charge in [-0.2, -0.15) is 0 Å². The Kier molecular flexibility index (Phi) is 4.81. The molecule has 25 heavy (non-hydrogen) atoms. The first-order valence-corrected chi connectivity index (χ1v) is 9.88. The van der Waals surface area contributed by atoms with Crippen molar-refractivity contribution in [3.8, 4) is 0 Å². The summed E-state index contributed by atoms with van der Waals surface area (Å²) in [5.41, 5.74) is 3.24. The molecule has 1 aliphatic rings. The van der Waals surface area contributed by atoms with Crippen LogP contribution in [0.4, 0.5) is 11.4 Å². The lowest BCUT2D eigenvalue weighted by Crippen LogP contribution is -2.30. The number of nitrogens with zero attached hydrogens (tertiary/aromatic N) is 1. The van der Waals surface area contributed by atoms with Crippen molar-refractivity contribution in [1.29, 1.82) is 0 Å². The lowest BCUT2D eigenvalue weighted by molar-refractivity contribution is -0.116. The molecule has 0 atom stereocenters. The van der Waals surface area contributed by atoms with Crippen LogP contribution in [0.3, 0.4) is 0 Å². The number of carbonyl (C=O) groups is 1. The number of amides is 1. The molecule has 1 heterocycles. The summed E-state index contributed by atoms with van der Waals surface area (Å²) < 4.78 is 27.7. The average Bonchev–Trinajstić information content (AvgIpc) is 2.75. The number of benzene rings is 2. The average molecular weight is 358 g/mol. The van der Waals surface area contributed by atoms with Crippen molar-refractivity contribution < 1.29 is 13.2 Å². The van der Waals surface area contributed by atoms with Gasteiger partial charge in [-0.25, -0.2) is 8.42 Å². The molecule has 0 saturated carbocycles. The molecule has 1 aliphatic heterocycles. The van der Waals surface area contributed by atoms with Crippen LogP contribution in [-0.4, -0.2) is 20.9 Å². The zero-order valence-electron chi connectivity index (χ0n) is 14.5. The fourth-order valence-corrected chi connectivity index (χ4v) is 4.63. The molecule has 1 N–H and O–H groups in total. The highest BCUT2D eigenvalue weighted by Gasteiger charge is 2.25. The molecule has 5 nitrogen and oxygen atoms in total. The predicted octanol–water partition coefficient (Wildman–Crippen LogP) is 3.49. The van der Waals surface area contributed by atoms with Gasteiger partial charge in [0.15, 0.2) is 0 Å². The van der Waals surface area contributed by atoms with Crippen molar-refractivity contribution in [3.63, 3.8) is 0 Å². The number of hydrogen-bond acceptors (Lipinski definition) is 3. The molecule has 2 aromatic carbocycles. The molecule has 1 amide bonds. The van der Waals surface area contributed by atoms with Crippen molar-refractivity contribution in [1.82, 2.24) is 0 Å². The fourth-order valence-electron chi connectivity index (χ4n) is 3.11. The maximum atomic E-state index is 13.1. The molecule has 0 bridgehead atoms. The van der Waals surface area contributed by atoms with Gasteiger partial charge < -0.3 is 5.32 Å². The minimum atomic E-state index is -3.66. The molecule has 6 heteroatoms. The third kappa shape index (κ3) is 3.54. The molecule has 2 aromatic rings. The van der Waals surface area contributed by atoms with E-state index >= 15 is 0 Å². The first-order valence-electron chi connectivity index (χ1n) is 8.44. The van der Waals surface area contributed by atoms with E-state index in [9.17, 15) is 13.2 Å². The van der Waals surface area contributed by atoms with Gasteiger partial charge in [0.25, 0.3) is 10.0 Å². The molecule has 0 radical (unpaired) electrons. The summed E-state index contributed by atoms with van der Waals surface area (Å²) in [5, 5.41) is 2.84. The van der Waals surface area contributed by atoms with Crippen LogP contribution in [0.5, 0.6) is 0 Å². The zero-order valence-corrected chi connectivity index (χ0v) is 15.3. The second kappa shape index (κ2) is 6.88. The van der Waals surface area contributed by atoms with Gasteiger partial charge in [-0.3, -0.25) is 9.10 Å². The highest BCUT2D eigenvalue weighted by atomic mass is 32.2. The smallest absolute Gasteiger partial charge is 0.264 e. The van der Waals surface area contributed by atoms with Crippen LogP contribution in [0.15, 0.2) is 47.4 Å². The van der Waals surface area contributed by atoms with Crippen molar-refractivity contribution in [2.45, 2.75) is 38.0 Å². The number of fused-ring (bicyclic) bond motifs is 1. The fraction of sp³-hybridized carbons (Fsp3) is 0.316. The zero-order chi connectivity index (χ0) is 18.0. The summed E-state index contributed by atoms with van der Waals surface area (Å²) in [6, 6.07) is 12.4. The Bertz CT molecular complexity index is 907. The molecular formula is C19H22N2O3S. The largest absolute Gasteiger partial charge is 0.326 e. The first-order chi connectivity index (χ1) is 11.9. The molecule has 3 rings (SSSR count). The Labute approximate surface area is 148 Å². The number of rotatable bonds is 4. The molecule has 0 fully saturated rings. The molecule has 0 unspecified atom stereocenters.